The first-order valence-electron chi connectivity index (χ1n) is 14.2. The molecule has 1 rings (SSSR count). The predicted molar refractivity (Wildman–Crippen MR) is 139 cm³/mol. The molecule has 1 aromatic carbocycles. The molecule has 2 nitrogen and oxygen atoms in total. The van der Waals surface area contributed by atoms with E-state index in [-0.39, 0.29) is 35.3 Å². The summed E-state index contributed by atoms with van der Waals surface area (Å²) in [6, 6.07) is 6.66. The number of hydrogen-bond acceptors (Lipinski definition) is 2. The minimum Gasteiger partial charge on any atom is -0.872 e. The molecule has 0 saturated carbocycles. The zero-order valence-corrected chi connectivity index (χ0v) is 24.4. The molecule has 0 N–H and O–H groups in total. The summed E-state index contributed by atoms with van der Waals surface area (Å²) in [6.07, 6.45) is 31.1. The molecule has 3 heteroatoms. The first-order valence-corrected chi connectivity index (χ1v) is 14.2. The van der Waals surface area contributed by atoms with Crippen molar-refractivity contribution in [3.05, 3.63) is 24.3 Å². The van der Waals surface area contributed by atoms with Crippen molar-refractivity contribution in [1.29, 1.82) is 0 Å². The Morgan fingerprint density at radius 2 is 0.788 bits per heavy atom. The van der Waals surface area contributed by atoms with Crippen LogP contribution in [0.25, 0.3) is 0 Å². The van der Waals surface area contributed by atoms with Crippen LogP contribution < -0.4 is 39.4 Å². The van der Waals surface area contributed by atoms with Crippen LogP contribution in [0, 0.1) is 0 Å². The standard InChI is InChI=1S/C30H54O2.Na/c1-2-3-4-5-6-7-8-9-10-11-12-13-14-15-16-17-18-19-20-21-22-23-28-32-30-26-24-29(31)25-27-30;/h24-27,31H,2-23,28H2,1H3;/q;+1/p-1. The van der Waals surface area contributed by atoms with Crippen molar-refractivity contribution in [3.8, 4) is 11.5 Å². The van der Waals surface area contributed by atoms with Crippen LogP contribution in [-0.2, 0) is 0 Å². The molecular formula is C30H53NaO2. The van der Waals surface area contributed by atoms with Crippen LogP contribution in [0.15, 0.2) is 24.3 Å². The molecule has 0 aliphatic carbocycles. The number of rotatable bonds is 24. The van der Waals surface area contributed by atoms with Crippen LogP contribution in [0.5, 0.6) is 11.5 Å². The van der Waals surface area contributed by atoms with E-state index in [4.69, 9.17) is 4.74 Å². The molecule has 0 saturated heterocycles. The molecule has 33 heavy (non-hydrogen) atoms. The van der Waals surface area contributed by atoms with Gasteiger partial charge < -0.3 is 9.84 Å². The quantitative estimate of drug-likeness (QED) is 0.124. The van der Waals surface area contributed by atoms with Gasteiger partial charge in [0.1, 0.15) is 5.75 Å². The van der Waals surface area contributed by atoms with Gasteiger partial charge in [0, 0.05) is 0 Å². The summed E-state index contributed by atoms with van der Waals surface area (Å²) in [7, 11) is 0. The minimum absolute atomic E-state index is 0. The zero-order chi connectivity index (χ0) is 23.0. The van der Waals surface area contributed by atoms with Crippen LogP contribution in [0.3, 0.4) is 0 Å². The van der Waals surface area contributed by atoms with E-state index in [0.29, 0.717) is 0 Å². The summed E-state index contributed by atoms with van der Waals surface area (Å²) in [6.45, 7) is 3.06. The zero-order valence-electron chi connectivity index (χ0n) is 22.4. The Morgan fingerprint density at radius 3 is 1.12 bits per heavy atom. The van der Waals surface area contributed by atoms with Crippen molar-refractivity contribution < 1.29 is 39.4 Å². The average Bonchev–Trinajstić information content (AvgIpc) is 2.81. The summed E-state index contributed by atoms with van der Waals surface area (Å²) in [5.74, 6) is 0.856. The van der Waals surface area contributed by atoms with Crippen molar-refractivity contribution in [3.63, 3.8) is 0 Å². The van der Waals surface area contributed by atoms with Crippen molar-refractivity contribution in [2.75, 3.05) is 6.61 Å². The fourth-order valence-electron chi connectivity index (χ4n) is 4.44. The van der Waals surface area contributed by atoms with E-state index in [9.17, 15) is 5.11 Å². The molecule has 0 radical (unpaired) electrons. The predicted octanol–water partition coefficient (Wildman–Crippen LogP) is 6.75. The van der Waals surface area contributed by atoms with Gasteiger partial charge in [0.25, 0.3) is 0 Å². The minimum atomic E-state index is 0. The topological polar surface area (TPSA) is 32.3 Å². The molecule has 0 unspecified atom stereocenters. The van der Waals surface area contributed by atoms with Crippen LogP contribution >= 0.6 is 0 Å². The summed E-state index contributed by atoms with van der Waals surface area (Å²) in [5, 5.41) is 11.0. The van der Waals surface area contributed by atoms with Crippen LogP contribution in [0.4, 0.5) is 0 Å². The third-order valence-corrected chi connectivity index (χ3v) is 6.59. The molecule has 0 heterocycles. The van der Waals surface area contributed by atoms with Gasteiger partial charge in [-0.3, -0.25) is 0 Å². The van der Waals surface area contributed by atoms with E-state index in [2.05, 4.69) is 6.92 Å². The molecule has 0 aromatic heterocycles. The molecule has 0 spiro atoms. The number of hydrogen-bond donors (Lipinski definition) is 0. The second-order valence-electron chi connectivity index (χ2n) is 9.74. The Balaban J connectivity index is 0.0000102. The molecule has 0 amide bonds. The maximum absolute atomic E-state index is 11.0. The molecular weight excluding hydrogens is 415 g/mol. The number of unbranched alkanes of at least 4 members (excludes halogenated alkanes) is 21. The van der Waals surface area contributed by atoms with Crippen molar-refractivity contribution >= 4 is 0 Å². The van der Waals surface area contributed by atoms with Gasteiger partial charge in [-0.25, -0.2) is 0 Å². The van der Waals surface area contributed by atoms with Gasteiger partial charge in [0.15, 0.2) is 0 Å². The Labute approximate surface area is 229 Å². The van der Waals surface area contributed by atoms with E-state index < -0.39 is 0 Å². The second kappa shape index (κ2) is 26.4. The van der Waals surface area contributed by atoms with Crippen LogP contribution in [-0.4, -0.2) is 6.61 Å². The monoisotopic (exact) mass is 468 g/mol. The maximum Gasteiger partial charge on any atom is 1.00 e. The van der Waals surface area contributed by atoms with Crippen LogP contribution in [0.2, 0.25) is 0 Å². The number of ether oxygens (including phenoxy) is 1. The Morgan fingerprint density at radius 1 is 0.485 bits per heavy atom. The third kappa shape index (κ3) is 23.3. The fourth-order valence-corrected chi connectivity index (χ4v) is 4.44. The molecule has 0 fully saturated rings. The average molecular weight is 469 g/mol. The van der Waals surface area contributed by atoms with Crippen LogP contribution in [0.1, 0.15) is 148 Å². The molecule has 0 atom stereocenters. The molecule has 186 valence electrons. The van der Waals surface area contributed by atoms with E-state index in [1.54, 1.807) is 24.3 Å². The smallest absolute Gasteiger partial charge is 0.872 e. The van der Waals surface area contributed by atoms with Gasteiger partial charge >= 0.3 is 29.6 Å². The van der Waals surface area contributed by atoms with Gasteiger partial charge in [-0.15, -0.1) is 5.75 Å². The number of benzene rings is 1. The van der Waals surface area contributed by atoms with Gasteiger partial charge in [-0.2, -0.15) is 0 Å². The summed E-state index contributed by atoms with van der Waals surface area (Å²) < 4.78 is 5.67. The molecule has 0 bridgehead atoms. The van der Waals surface area contributed by atoms with E-state index in [1.807, 2.05) is 0 Å². The third-order valence-electron chi connectivity index (χ3n) is 6.59. The maximum atomic E-state index is 11.0. The first kappa shape index (κ1) is 32.8. The summed E-state index contributed by atoms with van der Waals surface area (Å²) in [5.41, 5.74) is 0. The molecule has 0 aliphatic heterocycles. The SMILES string of the molecule is CCCCCCCCCCCCCCCCCCCCCCCCOc1ccc([O-])cc1.[Na+]. The van der Waals surface area contributed by atoms with Crippen molar-refractivity contribution in [2.24, 2.45) is 0 Å². The van der Waals surface area contributed by atoms with E-state index >= 15 is 0 Å². The van der Waals surface area contributed by atoms with Gasteiger partial charge in [-0.05, 0) is 18.6 Å². The Hall–Kier alpha value is -0.180. The molecule has 0 aliphatic rings. The summed E-state index contributed by atoms with van der Waals surface area (Å²) >= 11 is 0. The van der Waals surface area contributed by atoms with Crippen molar-refractivity contribution in [2.45, 2.75) is 148 Å². The first-order chi connectivity index (χ1) is 15.8. The normalized spacial score (nSPS) is 10.8. The Kier molecular flexibility index (Phi) is 26.3. The van der Waals surface area contributed by atoms with Gasteiger partial charge in [-0.1, -0.05) is 154 Å². The second-order valence-corrected chi connectivity index (χ2v) is 9.74. The van der Waals surface area contributed by atoms with Gasteiger partial charge in [0.2, 0.25) is 0 Å². The fraction of sp³-hybridized carbons (Fsp3) is 0.800. The largest absolute Gasteiger partial charge is 1.00 e. The summed E-state index contributed by atoms with van der Waals surface area (Å²) in [4.78, 5) is 0. The Bertz CT molecular complexity index is 489. The van der Waals surface area contributed by atoms with Gasteiger partial charge in [0.05, 0.1) is 6.61 Å². The van der Waals surface area contributed by atoms with E-state index in [1.165, 1.54) is 135 Å². The molecule has 1 aromatic rings. The van der Waals surface area contributed by atoms with E-state index in [0.717, 1.165) is 18.8 Å². The van der Waals surface area contributed by atoms with Crippen molar-refractivity contribution in [1.82, 2.24) is 0 Å².